The third-order valence-corrected chi connectivity index (χ3v) is 5.32. The Labute approximate surface area is 149 Å². The predicted octanol–water partition coefficient (Wildman–Crippen LogP) is 6.24. The third kappa shape index (κ3) is 1.66. The average molecular weight is 330 g/mol. The monoisotopic (exact) mass is 330 g/mol. The number of fused-ring (bicyclic) bond motifs is 11. The van der Waals surface area contributed by atoms with E-state index in [1.54, 1.807) is 12.4 Å². The minimum Gasteiger partial charge on any atom is -0.252 e. The molecule has 0 aliphatic heterocycles. The highest BCUT2D eigenvalue weighted by Crippen LogP contribution is 2.42. The van der Waals surface area contributed by atoms with E-state index in [0.717, 1.165) is 16.4 Å². The zero-order valence-electron chi connectivity index (χ0n) is 14.0. The molecule has 0 saturated carbocycles. The summed E-state index contributed by atoms with van der Waals surface area (Å²) in [7, 11) is 0. The molecule has 0 N–H and O–H groups in total. The molecule has 1 aromatic heterocycles. The summed E-state index contributed by atoms with van der Waals surface area (Å²) in [6, 6.07) is 25.8. The summed E-state index contributed by atoms with van der Waals surface area (Å²) in [6.45, 7) is 0. The van der Waals surface area contributed by atoms with Gasteiger partial charge in [0.2, 0.25) is 0 Å². The normalized spacial score (nSPS) is 11.8. The van der Waals surface area contributed by atoms with Gasteiger partial charge in [0.15, 0.2) is 0 Å². The maximum Gasteiger partial charge on any atom is 0.0978 e. The van der Waals surface area contributed by atoms with Crippen molar-refractivity contribution in [3.8, 4) is 0 Å². The van der Waals surface area contributed by atoms with Crippen molar-refractivity contribution in [1.82, 2.24) is 9.97 Å². The van der Waals surface area contributed by atoms with Gasteiger partial charge in [0.05, 0.1) is 11.0 Å². The Kier molecular flexibility index (Phi) is 2.64. The summed E-state index contributed by atoms with van der Waals surface area (Å²) in [5.74, 6) is 0. The van der Waals surface area contributed by atoms with Crippen LogP contribution in [0.2, 0.25) is 0 Å². The molecular formula is C24H14N2. The first-order chi connectivity index (χ1) is 12.9. The highest BCUT2D eigenvalue weighted by Gasteiger charge is 2.16. The number of nitrogens with zero attached hydrogens (tertiary/aromatic N) is 2. The summed E-state index contributed by atoms with van der Waals surface area (Å²) in [6.07, 6.45) is 3.57. The highest BCUT2D eigenvalue weighted by molar-refractivity contribution is 6.38. The van der Waals surface area contributed by atoms with Gasteiger partial charge in [-0.25, -0.2) is 0 Å². The van der Waals surface area contributed by atoms with Gasteiger partial charge in [-0.05, 0) is 26.9 Å². The summed E-state index contributed by atoms with van der Waals surface area (Å²) < 4.78 is 0. The molecule has 26 heavy (non-hydrogen) atoms. The van der Waals surface area contributed by atoms with Crippen molar-refractivity contribution in [2.75, 3.05) is 0 Å². The smallest absolute Gasteiger partial charge is 0.0978 e. The van der Waals surface area contributed by atoms with Gasteiger partial charge in [0.25, 0.3) is 0 Å². The molecule has 0 fully saturated rings. The Morgan fingerprint density at radius 1 is 0.385 bits per heavy atom. The maximum absolute atomic E-state index is 4.75. The van der Waals surface area contributed by atoms with Crippen LogP contribution < -0.4 is 0 Å². The van der Waals surface area contributed by atoms with Crippen molar-refractivity contribution in [3.63, 3.8) is 0 Å². The van der Waals surface area contributed by atoms with Crippen LogP contribution >= 0.6 is 0 Å². The van der Waals surface area contributed by atoms with Crippen LogP contribution in [0.3, 0.4) is 0 Å². The molecule has 0 aliphatic carbocycles. The van der Waals surface area contributed by atoms with Crippen LogP contribution in [0.25, 0.3) is 54.1 Å². The fourth-order valence-electron chi connectivity index (χ4n) is 4.29. The van der Waals surface area contributed by atoms with Crippen LogP contribution in [0, 0.1) is 0 Å². The SMILES string of the molecule is c1ccc2c(c1)c1ccccc1c1c3nccnc3c3ccccc3c21. The van der Waals surface area contributed by atoms with Gasteiger partial charge in [-0.1, -0.05) is 72.8 Å². The third-order valence-electron chi connectivity index (χ3n) is 5.32. The molecule has 6 aromatic rings. The standard InChI is InChI=1S/C24H14N2/c1-3-9-17-15(7-1)16-8-2-4-10-18(16)22-21(17)19-11-5-6-12-20(19)23-24(22)26-14-13-25-23/h1-14H. The van der Waals surface area contributed by atoms with Crippen molar-refractivity contribution >= 4 is 54.1 Å². The number of aromatic nitrogens is 2. The fourth-order valence-corrected chi connectivity index (χ4v) is 4.29. The van der Waals surface area contributed by atoms with E-state index in [0.29, 0.717) is 0 Å². The Morgan fingerprint density at radius 2 is 0.808 bits per heavy atom. The number of benzene rings is 5. The minimum absolute atomic E-state index is 0.969. The largest absolute Gasteiger partial charge is 0.252 e. The van der Waals surface area contributed by atoms with Crippen molar-refractivity contribution in [2.24, 2.45) is 0 Å². The van der Waals surface area contributed by atoms with Gasteiger partial charge < -0.3 is 0 Å². The van der Waals surface area contributed by atoms with Crippen LogP contribution in [-0.4, -0.2) is 9.97 Å². The van der Waals surface area contributed by atoms with Crippen LogP contribution in [0.4, 0.5) is 0 Å². The number of rotatable bonds is 0. The highest BCUT2D eigenvalue weighted by atomic mass is 14.8. The molecule has 1 heterocycles. The molecule has 6 rings (SSSR count). The van der Waals surface area contributed by atoms with Gasteiger partial charge >= 0.3 is 0 Å². The van der Waals surface area contributed by atoms with Crippen LogP contribution in [0.15, 0.2) is 85.2 Å². The van der Waals surface area contributed by atoms with Gasteiger partial charge in [-0.2, -0.15) is 0 Å². The summed E-state index contributed by atoms with van der Waals surface area (Å²) in [5, 5.41) is 9.90. The summed E-state index contributed by atoms with van der Waals surface area (Å²) >= 11 is 0. The second-order valence-corrected chi connectivity index (χ2v) is 6.64. The lowest BCUT2D eigenvalue weighted by molar-refractivity contribution is 1.31. The molecule has 0 bridgehead atoms. The number of hydrogen-bond donors (Lipinski definition) is 0. The van der Waals surface area contributed by atoms with Crippen molar-refractivity contribution < 1.29 is 0 Å². The van der Waals surface area contributed by atoms with Crippen LogP contribution in [0.1, 0.15) is 0 Å². The topological polar surface area (TPSA) is 25.8 Å². The Balaban J connectivity index is 2.14. The van der Waals surface area contributed by atoms with E-state index in [1.165, 1.54) is 37.7 Å². The molecular weight excluding hydrogens is 316 g/mol. The molecule has 2 nitrogen and oxygen atoms in total. The van der Waals surface area contributed by atoms with Crippen molar-refractivity contribution in [2.45, 2.75) is 0 Å². The Bertz CT molecular complexity index is 1260. The second-order valence-electron chi connectivity index (χ2n) is 6.64. The molecule has 2 heteroatoms. The van der Waals surface area contributed by atoms with E-state index in [4.69, 9.17) is 4.98 Å². The molecule has 0 saturated heterocycles. The second kappa shape index (κ2) is 4.99. The zero-order valence-corrected chi connectivity index (χ0v) is 14.0. The van der Waals surface area contributed by atoms with Crippen molar-refractivity contribution in [3.05, 3.63) is 85.2 Å². The van der Waals surface area contributed by atoms with Gasteiger partial charge in [-0.15, -0.1) is 0 Å². The lowest BCUT2D eigenvalue weighted by Gasteiger charge is -2.14. The van der Waals surface area contributed by atoms with E-state index >= 15 is 0 Å². The average Bonchev–Trinajstić information content (AvgIpc) is 2.73. The summed E-state index contributed by atoms with van der Waals surface area (Å²) in [4.78, 5) is 9.44. The predicted molar refractivity (Wildman–Crippen MR) is 110 cm³/mol. The molecule has 120 valence electrons. The molecule has 0 aliphatic rings. The van der Waals surface area contributed by atoms with Crippen LogP contribution in [0.5, 0.6) is 0 Å². The minimum atomic E-state index is 0.969. The number of hydrogen-bond acceptors (Lipinski definition) is 2. The first-order valence-electron chi connectivity index (χ1n) is 8.78. The van der Waals surface area contributed by atoms with Crippen molar-refractivity contribution in [1.29, 1.82) is 0 Å². The summed E-state index contributed by atoms with van der Waals surface area (Å²) in [5.41, 5.74) is 1.94. The zero-order chi connectivity index (χ0) is 17.1. The molecule has 0 atom stereocenters. The lowest BCUT2D eigenvalue weighted by atomic mass is 9.90. The van der Waals surface area contributed by atoms with Crippen LogP contribution in [-0.2, 0) is 0 Å². The van der Waals surface area contributed by atoms with E-state index in [1.807, 2.05) is 0 Å². The maximum atomic E-state index is 4.75. The first kappa shape index (κ1) is 13.7. The lowest BCUT2D eigenvalue weighted by Crippen LogP contribution is -1.91. The molecule has 5 aromatic carbocycles. The van der Waals surface area contributed by atoms with E-state index in [2.05, 4.69) is 77.8 Å². The Hall–Kier alpha value is -3.52. The quantitative estimate of drug-likeness (QED) is 0.308. The molecule has 0 amide bonds. The van der Waals surface area contributed by atoms with E-state index in [-0.39, 0.29) is 0 Å². The molecule has 0 radical (unpaired) electrons. The molecule has 0 unspecified atom stereocenters. The van der Waals surface area contributed by atoms with Gasteiger partial charge in [-0.3, -0.25) is 9.97 Å². The van der Waals surface area contributed by atoms with Gasteiger partial charge in [0.1, 0.15) is 0 Å². The fraction of sp³-hybridized carbons (Fsp3) is 0. The van der Waals surface area contributed by atoms with Gasteiger partial charge in [0, 0.05) is 28.6 Å². The molecule has 0 spiro atoms. The van der Waals surface area contributed by atoms with E-state index < -0.39 is 0 Å². The first-order valence-corrected chi connectivity index (χ1v) is 8.78. The van der Waals surface area contributed by atoms with E-state index in [9.17, 15) is 0 Å². The Morgan fingerprint density at radius 3 is 1.42 bits per heavy atom.